The number of rotatable bonds is 3. The number of benzene rings is 2. The van der Waals surface area contributed by atoms with Gasteiger partial charge in [-0.05, 0) is 31.0 Å². The first-order valence-electron chi connectivity index (χ1n) is 8.90. The van der Waals surface area contributed by atoms with Crippen LogP contribution in [0.15, 0.2) is 54.7 Å². The van der Waals surface area contributed by atoms with Gasteiger partial charge in [-0.15, -0.1) is 11.3 Å². The number of anilines is 1. The molecule has 4 rings (SSSR count). The van der Waals surface area contributed by atoms with Crippen molar-refractivity contribution in [3.8, 4) is 10.6 Å². The fourth-order valence-electron chi connectivity index (χ4n) is 3.64. The molecule has 1 aromatic heterocycles. The van der Waals surface area contributed by atoms with Gasteiger partial charge in [0.2, 0.25) is 5.91 Å². The third-order valence-electron chi connectivity index (χ3n) is 4.97. The van der Waals surface area contributed by atoms with E-state index in [4.69, 9.17) is 17.3 Å². The average molecular weight is 412 g/mol. The van der Waals surface area contributed by atoms with Crippen LogP contribution >= 0.6 is 22.9 Å². The summed E-state index contributed by atoms with van der Waals surface area (Å²) in [6.45, 7) is 1.93. The van der Waals surface area contributed by atoms with Crippen molar-refractivity contribution >= 4 is 40.4 Å². The van der Waals surface area contributed by atoms with Crippen molar-refractivity contribution in [1.82, 2.24) is 4.98 Å². The van der Waals surface area contributed by atoms with E-state index >= 15 is 0 Å². The molecule has 0 saturated carbocycles. The van der Waals surface area contributed by atoms with Crippen molar-refractivity contribution in [2.75, 3.05) is 4.90 Å². The molecule has 28 heavy (non-hydrogen) atoms. The average Bonchev–Trinajstić information content (AvgIpc) is 3.17. The quantitative estimate of drug-likeness (QED) is 0.690. The molecule has 2 atom stereocenters. The molecular weight excluding hydrogens is 394 g/mol. The number of thiazole rings is 1. The van der Waals surface area contributed by atoms with E-state index in [0.717, 1.165) is 16.8 Å². The van der Waals surface area contributed by atoms with Crippen LogP contribution in [-0.2, 0) is 4.79 Å². The van der Waals surface area contributed by atoms with Crippen molar-refractivity contribution in [2.24, 2.45) is 5.73 Å². The van der Waals surface area contributed by atoms with E-state index in [1.165, 1.54) is 11.3 Å². The summed E-state index contributed by atoms with van der Waals surface area (Å²) in [5.74, 6) is -0.903. The molecule has 3 aromatic rings. The van der Waals surface area contributed by atoms with Gasteiger partial charge >= 0.3 is 0 Å². The van der Waals surface area contributed by atoms with Crippen LogP contribution < -0.4 is 10.6 Å². The molecule has 2 heterocycles. The van der Waals surface area contributed by atoms with Crippen LogP contribution in [0, 0.1) is 0 Å². The SMILES string of the molecule is CC1CC(C(N)=O)c2ccccc2N1C(=O)c1cnc(-c2ccccc2Cl)s1. The van der Waals surface area contributed by atoms with E-state index in [1.807, 2.05) is 49.4 Å². The Morgan fingerprint density at radius 3 is 2.64 bits per heavy atom. The van der Waals surface area contributed by atoms with Gasteiger partial charge in [0.1, 0.15) is 9.88 Å². The van der Waals surface area contributed by atoms with Crippen molar-refractivity contribution in [3.05, 3.63) is 70.2 Å². The maximum Gasteiger partial charge on any atom is 0.270 e. The summed E-state index contributed by atoms with van der Waals surface area (Å²) in [5.41, 5.74) is 7.91. The number of para-hydroxylation sites is 1. The number of primary amides is 1. The smallest absolute Gasteiger partial charge is 0.270 e. The van der Waals surface area contributed by atoms with Crippen LogP contribution in [0.1, 0.15) is 34.5 Å². The lowest BCUT2D eigenvalue weighted by atomic mass is 9.85. The highest BCUT2D eigenvalue weighted by Gasteiger charge is 2.36. The zero-order valence-corrected chi connectivity index (χ0v) is 16.7. The number of hydrogen-bond donors (Lipinski definition) is 1. The summed E-state index contributed by atoms with van der Waals surface area (Å²) in [4.78, 5) is 31.9. The van der Waals surface area contributed by atoms with Gasteiger partial charge in [-0.2, -0.15) is 0 Å². The second-order valence-corrected chi connectivity index (χ2v) is 8.22. The number of aromatic nitrogens is 1. The van der Waals surface area contributed by atoms with E-state index in [2.05, 4.69) is 4.98 Å². The summed E-state index contributed by atoms with van der Waals surface area (Å²) < 4.78 is 0. The van der Waals surface area contributed by atoms with Gasteiger partial charge in [0, 0.05) is 17.3 Å². The van der Waals surface area contributed by atoms with E-state index in [1.54, 1.807) is 17.2 Å². The molecule has 2 unspecified atom stereocenters. The minimum Gasteiger partial charge on any atom is -0.369 e. The zero-order chi connectivity index (χ0) is 19.8. The molecule has 5 nitrogen and oxygen atoms in total. The molecule has 0 spiro atoms. The molecule has 7 heteroatoms. The molecule has 0 aliphatic carbocycles. The lowest BCUT2D eigenvalue weighted by Gasteiger charge is -2.38. The minimum atomic E-state index is -0.393. The standard InChI is InChI=1S/C21H18ClN3O2S/c1-12-10-15(19(23)26)13-6-3-5-9-17(13)25(12)21(27)18-11-24-20(28-18)14-7-2-4-8-16(14)22/h2-9,11-12,15H,10H2,1H3,(H2,23,26). The first-order valence-corrected chi connectivity index (χ1v) is 10.1. The maximum absolute atomic E-state index is 13.3. The van der Waals surface area contributed by atoms with Gasteiger partial charge in [-0.25, -0.2) is 4.98 Å². The molecule has 0 saturated heterocycles. The van der Waals surface area contributed by atoms with Crippen LogP contribution in [0.25, 0.3) is 10.6 Å². The number of hydrogen-bond acceptors (Lipinski definition) is 4. The van der Waals surface area contributed by atoms with E-state index in [-0.39, 0.29) is 17.9 Å². The first-order chi connectivity index (χ1) is 13.5. The largest absolute Gasteiger partial charge is 0.369 e. The van der Waals surface area contributed by atoms with Crippen LogP contribution in [-0.4, -0.2) is 22.8 Å². The van der Waals surface area contributed by atoms with Gasteiger partial charge in [-0.1, -0.05) is 48.0 Å². The Bertz CT molecular complexity index is 1070. The second kappa shape index (κ2) is 7.37. The number of nitrogens with zero attached hydrogens (tertiary/aromatic N) is 2. The molecule has 0 bridgehead atoms. The number of carbonyl (C=O) groups is 2. The van der Waals surface area contributed by atoms with Crippen molar-refractivity contribution in [2.45, 2.75) is 25.3 Å². The second-order valence-electron chi connectivity index (χ2n) is 6.78. The Morgan fingerprint density at radius 1 is 1.18 bits per heavy atom. The van der Waals surface area contributed by atoms with Crippen LogP contribution in [0.2, 0.25) is 5.02 Å². The van der Waals surface area contributed by atoms with E-state index in [9.17, 15) is 9.59 Å². The highest BCUT2D eigenvalue weighted by Crippen LogP contribution is 2.40. The lowest BCUT2D eigenvalue weighted by molar-refractivity contribution is -0.119. The van der Waals surface area contributed by atoms with Crippen molar-refractivity contribution < 1.29 is 9.59 Å². The Morgan fingerprint density at radius 2 is 1.89 bits per heavy atom. The molecule has 1 aliphatic rings. The number of carbonyl (C=O) groups excluding carboxylic acids is 2. The Kier molecular flexibility index (Phi) is 4.91. The number of halogens is 1. The molecular formula is C21H18ClN3O2S. The monoisotopic (exact) mass is 411 g/mol. The molecule has 2 N–H and O–H groups in total. The summed E-state index contributed by atoms with van der Waals surface area (Å²) >= 11 is 7.57. The molecule has 2 aromatic carbocycles. The molecule has 0 radical (unpaired) electrons. The van der Waals surface area contributed by atoms with Gasteiger partial charge in [-0.3, -0.25) is 9.59 Å². The molecule has 142 valence electrons. The van der Waals surface area contributed by atoms with Gasteiger partial charge in [0.05, 0.1) is 17.1 Å². The fourth-order valence-corrected chi connectivity index (χ4v) is 4.82. The normalized spacial score (nSPS) is 18.6. The maximum atomic E-state index is 13.3. The van der Waals surface area contributed by atoms with Crippen LogP contribution in [0.4, 0.5) is 5.69 Å². The van der Waals surface area contributed by atoms with E-state index < -0.39 is 5.92 Å². The topological polar surface area (TPSA) is 76.3 Å². The third kappa shape index (κ3) is 3.19. The third-order valence-corrected chi connectivity index (χ3v) is 6.32. The predicted molar refractivity (Wildman–Crippen MR) is 112 cm³/mol. The highest BCUT2D eigenvalue weighted by molar-refractivity contribution is 7.17. The van der Waals surface area contributed by atoms with Crippen molar-refractivity contribution in [3.63, 3.8) is 0 Å². The predicted octanol–water partition coefficient (Wildman–Crippen LogP) is 4.47. The Balaban J connectivity index is 1.71. The molecule has 0 fully saturated rings. The first kappa shape index (κ1) is 18.7. The van der Waals surface area contributed by atoms with Crippen LogP contribution in [0.3, 0.4) is 0 Å². The van der Waals surface area contributed by atoms with Crippen LogP contribution in [0.5, 0.6) is 0 Å². The molecule has 2 amide bonds. The Hall–Kier alpha value is -2.70. The van der Waals surface area contributed by atoms with Gasteiger partial charge < -0.3 is 10.6 Å². The summed E-state index contributed by atoms with van der Waals surface area (Å²) in [6.07, 6.45) is 2.08. The Labute approximate surface area is 171 Å². The summed E-state index contributed by atoms with van der Waals surface area (Å²) in [7, 11) is 0. The number of amides is 2. The van der Waals surface area contributed by atoms with Gasteiger partial charge in [0.15, 0.2) is 0 Å². The fraction of sp³-hybridized carbons (Fsp3) is 0.190. The highest BCUT2D eigenvalue weighted by atomic mass is 35.5. The lowest BCUT2D eigenvalue weighted by Crippen LogP contribution is -2.45. The zero-order valence-electron chi connectivity index (χ0n) is 15.1. The summed E-state index contributed by atoms with van der Waals surface area (Å²) in [6, 6.07) is 14.7. The van der Waals surface area contributed by atoms with Crippen molar-refractivity contribution in [1.29, 1.82) is 0 Å². The van der Waals surface area contributed by atoms with E-state index in [0.29, 0.717) is 21.3 Å². The minimum absolute atomic E-state index is 0.140. The number of nitrogens with two attached hydrogens (primary N) is 1. The number of fused-ring (bicyclic) bond motifs is 1. The molecule has 1 aliphatic heterocycles. The summed E-state index contributed by atoms with van der Waals surface area (Å²) in [5, 5.41) is 1.29. The van der Waals surface area contributed by atoms with Gasteiger partial charge in [0.25, 0.3) is 5.91 Å².